The smallest absolute Gasteiger partial charge is 0.330 e. The summed E-state index contributed by atoms with van der Waals surface area (Å²) in [6, 6.07) is 5.21. The number of carbonyl (C=O) groups excluding carboxylic acids is 1. The van der Waals surface area contributed by atoms with Crippen LogP contribution in [0, 0.1) is 0 Å². The summed E-state index contributed by atoms with van der Waals surface area (Å²) in [5.41, 5.74) is 1.12. The minimum Gasteiger partial charge on any atom is -0.330 e. The second kappa shape index (κ2) is 8.74. The maximum Gasteiger partial charge on any atom is 0.433 e. The van der Waals surface area contributed by atoms with Gasteiger partial charge in [-0.2, -0.15) is 13.2 Å². The van der Waals surface area contributed by atoms with Crippen LogP contribution in [0.25, 0.3) is 5.57 Å². The summed E-state index contributed by atoms with van der Waals surface area (Å²) in [5, 5.41) is 0. The molecule has 3 rings (SSSR count). The Balaban J connectivity index is 2.06. The summed E-state index contributed by atoms with van der Waals surface area (Å²) < 4.78 is 63.2. The van der Waals surface area contributed by atoms with Crippen molar-refractivity contribution < 1.29 is 26.4 Å². The molecule has 0 radical (unpaired) electrons. The van der Waals surface area contributed by atoms with Gasteiger partial charge in [-0.1, -0.05) is 36.9 Å². The fourth-order valence-electron chi connectivity index (χ4n) is 3.48. The van der Waals surface area contributed by atoms with Gasteiger partial charge in [-0.25, -0.2) is 8.42 Å². The lowest BCUT2D eigenvalue weighted by molar-refractivity contribution is -0.141. The van der Waals surface area contributed by atoms with Gasteiger partial charge in [0, 0.05) is 31.1 Å². The molecule has 1 aromatic heterocycles. The number of pyridine rings is 1. The van der Waals surface area contributed by atoms with Gasteiger partial charge < -0.3 is 4.90 Å². The lowest BCUT2D eigenvalue weighted by Gasteiger charge is -2.19. The molecule has 168 valence electrons. The van der Waals surface area contributed by atoms with Gasteiger partial charge >= 0.3 is 6.18 Å². The molecule has 0 aliphatic carbocycles. The molecule has 0 atom stereocenters. The minimum absolute atomic E-state index is 0.0271. The van der Waals surface area contributed by atoms with Crippen molar-refractivity contribution in [1.29, 1.82) is 0 Å². The van der Waals surface area contributed by atoms with E-state index in [1.165, 1.54) is 17.0 Å². The number of nitrogens with zero attached hydrogens (tertiary/aromatic N) is 2. The van der Waals surface area contributed by atoms with Crippen LogP contribution < -0.4 is 0 Å². The van der Waals surface area contributed by atoms with Crippen LogP contribution in [0.5, 0.6) is 0 Å². The largest absolute Gasteiger partial charge is 0.433 e. The first-order valence-electron chi connectivity index (χ1n) is 9.60. The Bertz CT molecular complexity index is 1250. The van der Waals surface area contributed by atoms with E-state index in [2.05, 4.69) is 11.6 Å². The number of fused-ring (bicyclic) bond motifs is 1. The summed E-state index contributed by atoms with van der Waals surface area (Å²) >= 11 is 0. The van der Waals surface area contributed by atoms with Crippen molar-refractivity contribution in [3.63, 3.8) is 0 Å². The van der Waals surface area contributed by atoms with E-state index in [9.17, 15) is 26.4 Å². The van der Waals surface area contributed by atoms with Crippen molar-refractivity contribution in [3.8, 4) is 0 Å². The molecule has 1 aliphatic heterocycles. The average Bonchev–Trinajstić information content (AvgIpc) is 3.15. The van der Waals surface area contributed by atoms with Crippen LogP contribution in [0.3, 0.4) is 0 Å². The van der Waals surface area contributed by atoms with Gasteiger partial charge in [0.05, 0.1) is 4.90 Å². The number of sulfone groups is 1. The van der Waals surface area contributed by atoms with Gasteiger partial charge in [-0.05, 0) is 47.4 Å². The second-order valence-corrected chi connectivity index (χ2v) is 9.35. The number of benzene rings is 1. The second-order valence-electron chi connectivity index (χ2n) is 7.33. The van der Waals surface area contributed by atoms with E-state index in [1.807, 2.05) is 0 Å². The SMILES string of the molecule is C=C/C=C(\C=C/C)c1ccc(S(C)(=O)=O)cc1C(=O)N1Cc2cnc(C(F)(F)F)cc2C1. The maximum absolute atomic E-state index is 13.4. The summed E-state index contributed by atoms with van der Waals surface area (Å²) in [6.45, 7) is 5.51. The number of halogens is 3. The Morgan fingerprint density at radius 3 is 2.44 bits per heavy atom. The summed E-state index contributed by atoms with van der Waals surface area (Å²) in [4.78, 5) is 18.2. The van der Waals surface area contributed by atoms with Gasteiger partial charge in [0.25, 0.3) is 5.91 Å². The molecule has 0 fully saturated rings. The van der Waals surface area contributed by atoms with Crippen LogP contribution in [-0.4, -0.2) is 30.5 Å². The monoisotopic (exact) mass is 462 g/mol. The third-order valence-electron chi connectivity index (χ3n) is 4.99. The highest BCUT2D eigenvalue weighted by Gasteiger charge is 2.35. The van der Waals surface area contributed by atoms with Gasteiger partial charge in [-0.3, -0.25) is 9.78 Å². The van der Waals surface area contributed by atoms with E-state index in [0.29, 0.717) is 22.3 Å². The van der Waals surface area contributed by atoms with Crippen LogP contribution >= 0.6 is 0 Å². The van der Waals surface area contributed by atoms with Crippen LogP contribution in [-0.2, 0) is 29.1 Å². The topological polar surface area (TPSA) is 67.3 Å². The van der Waals surface area contributed by atoms with E-state index in [-0.39, 0.29) is 23.5 Å². The molecule has 5 nitrogen and oxygen atoms in total. The van der Waals surface area contributed by atoms with Gasteiger partial charge in [-0.15, -0.1) is 0 Å². The first kappa shape index (κ1) is 23.5. The predicted molar refractivity (Wildman–Crippen MR) is 115 cm³/mol. The molecule has 1 aromatic carbocycles. The zero-order valence-corrected chi connectivity index (χ0v) is 18.3. The number of rotatable bonds is 5. The molecule has 0 saturated heterocycles. The third kappa shape index (κ3) is 4.83. The Kier molecular flexibility index (Phi) is 6.41. The molecule has 2 aromatic rings. The lowest BCUT2D eigenvalue weighted by atomic mass is 9.97. The summed E-state index contributed by atoms with van der Waals surface area (Å²) in [6.07, 6.45) is 4.34. The molecule has 0 unspecified atom stereocenters. The van der Waals surface area contributed by atoms with Gasteiger partial charge in [0.1, 0.15) is 5.69 Å². The molecule has 0 saturated carbocycles. The summed E-state index contributed by atoms with van der Waals surface area (Å²) in [7, 11) is -3.59. The molecular formula is C23H21F3N2O3S. The number of aromatic nitrogens is 1. The van der Waals surface area contributed by atoms with Crippen molar-refractivity contribution in [2.45, 2.75) is 31.1 Å². The van der Waals surface area contributed by atoms with Crippen LogP contribution in [0.2, 0.25) is 0 Å². The fourth-order valence-corrected chi connectivity index (χ4v) is 4.12. The van der Waals surface area contributed by atoms with Gasteiger partial charge in [0.2, 0.25) is 0 Å². The zero-order chi connectivity index (χ0) is 23.7. The number of allylic oxidation sites excluding steroid dienone is 5. The van der Waals surface area contributed by atoms with Crippen molar-refractivity contribution in [2.24, 2.45) is 0 Å². The zero-order valence-electron chi connectivity index (χ0n) is 17.5. The number of hydrogen-bond acceptors (Lipinski definition) is 4. The fraction of sp³-hybridized carbons (Fsp3) is 0.217. The third-order valence-corrected chi connectivity index (χ3v) is 6.10. The van der Waals surface area contributed by atoms with Crippen LogP contribution in [0.4, 0.5) is 13.2 Å². The highest BCUT2D eigenvalue weighted by atomic mass is 32.2. The average molecular weight is 462 g/mol. The van der Waals surface area contributed by atoms with E-state index in [1.54, 1.807) is 37.3 Å². The van der Waals surface area contributed by atoms with Crippen molar-refractivity contribution in [2.75, 3.05) is 6.26 Å². The molecule has 0 N–H and O–H groups in total. The quantitative estimate of drug-likeness (QED) is 0.599. The number of carbonyl (C=O) groups is 1. The van der Waals surface area contributed by atoms with E-state index in [0.717, 1.165) is 18.5 Å². The van der Waals surface area contributed by atoms with Crippen molar-refractivity contribution >= 4 is 21.3 Å². The highest BCUT2D eigenvalue weighted by molar-refractivity contribution is 7.90. The number of amides is 1. The normalized spacial score (nSPS) is 14.7. The Morgan fingerprint density at radius 1 is 1.16 bits per heavy atom. The Labute approximate surface area is 184 Å². The predicted octanol–water partition coefficient (Wildman–Crippen LogP) is 4.81. The molecule has 9 heteroatoms. The molecule has 0 spiro atoms. The van der Waals surface area contributed by atoms with E-state index >= 15 is 0 Å². The summed E-state index contributed by atoms with van der Waals surface area (Å²) in [5.74, 6) is -0.491. The minimum atomic E-state index is -4.58. The molecule has 1 aliphatic rings. The first-order chi connectivity index (χ1) is 15.0. The van der Waals surface area contributed by atoms with Crippen molar-refractivity contribution in [1.82, 2.24) is 9.88 Å². The Morgan fingerprint density at radius 2 is 1.84 bits per heavy atom. The van der Waals surface area contributed by atoms with Crippen molar-refractivity contribution in [3.05, 3.63) is 89.3 Å². The van der Waals surface area contributed by atoms with Gasteiger partial charge in [0.15, 0.2) is 9.84 Å². The van der Waals surface area contributed by atoms with E-state index < -0.39 is 27.6 Å². The molecule has 0 bridgehead atoms. The maximum atomic E-state index is 13.4. The van der Waals surface area contributed by atoms with E-state index in [4.69, 9.17) is 0 Å². The molecule has 2 heterocycles. The molecule has 1 amide bonds. The number of hydrogen-bond donors (Lipinski definition) is 0. The molecular weight excluding hydrogens is 441 g/mol. The standard InChI is InChI=1S/C23H21F3N2O3S/c1-4-6-15(7-5-2)19-9-8-18(32(3,30)31)11-20(19)22(29)28-13-16-10-21(23(24,25)26)27-12-17(16)14-28/h4-12H,1,13-14H2,2-3H3/b7-5-,15-6+. The first-order valence-corrected chi connectivity index (χ1v) is 11.5. The Hall–Kier alpha value is -3.20. The van der Waals surface area contributed by atoms with Crippen LogP contribution in [0.15, 0.2) is 66.2 Å². The number of alkyl halides is 3. The lowest BCUT2D eigenvalue weighted by Crippen LogP contribution is -2.26. The highest BCUT2D eigenvalue weighted by Crippen LogP contribution is 2.33. The molecule has 32 heavy (non-hydrogen) atoms. The van der Waals surface area contributed by atoms with Crippen LogP contribution in [0.1, 0.15) is 39.7 Å².